The number of methoxy groups -OCH3 is 2. The molecule has 2 aliphatic rings. The van der Waals surface area contributed by atoms with Gasteiger partial charge in [0.25, 0.3) is 0 Å². The molecule has 4 rings (SSSR count). The van der Waals surface area contributed by atoms with E-state index in [4.69, 9.17) is 14.2 Å². The van der Waals surface area contributed by atoms with Crippen LogP contribution in [0, 0.1) is 5.92 Å². The van der Waals surface area contributed by atoms with Crippen LogP contribution in [0.4, 0.5) is 5.69 Å². The van der Waals surface area contributed by atoms with Gasteiger partial charge in [0.2, 0.25) is 11.8 Å². The SMILES string of the molecule is COc1ccc(N2C[C@@H](C(=O)N(C)C[C@@H]3OCCc4ccccc43)CC2=O)c(OC)c1. The van der Waals surface area contributed by atoms with Crippen molar-refractivity contribution in [1.29, 1.82) is 0 Å². The second-order valence-corrected chi connectivity index (χ2v) is 7.97. The molecule has 7 heteroatoms. The molecule has 0 unspecified atom stereocenters. The Kier molecular flexibility index (Phi) is 6.13. The molecule has 2 aromatic carbocycles. The Morgan fingerprint density at radius 2 is 2.00 bits per heavy atom. The predicted molar refractivity (Wildman–Crippen MR) is 116 cm³/mol. The third-order valence-corrected chi connectivity index (χ3v) is 6.06. The summed E-state index contributed by atoms with van der Waals surface area (Å²) < 4.78 is 16.6. The lowest BCUT2D eigenvalue weighted by atomic mass is 9.97. The molecule has 164 valence electrons. The minimum atomic E-state index is -0.400. The largest absolute Gasteiger partial charge is 0.497 e. The monoisotopic (exact) mass is 424 g/mol. The maximum absolute atomic E-state index is 13.1. The van der Waals surface area contributed by atoms with Crippen LogP contribution in [0.3, 0.4) is 0 Å². The fourth-order valence-corrected chi connectivity index (χ4v) is 4.39. The van der Waals surface area contributed by atoms with Crippen molar-refractivity contribution >= 4 is 17.5 Å². The smallest absolute Gasteiger partial charge is 0.227 e. The van der Waals surface area contributed by atoms with Crippen LogP contribution < -0.4 is 14.4 Å². The standard InChI is InChI=1S/C24H28N2O5/c1-25(15-22-19-7-5-4-6-16(19)10-11-31-22)24(28)17-12-23(27)26(14-17)20-9-8-18(29-2)13-21(20)30-3/h4-9,13,17,22H,10-12,14-15H2,1-3H3/t17-,22-/m0/s1. The third-order valence-electron chi connectivity index (χ3n) is 6.06. The van der Waals surface area contributed by atoms with Gasteiger partial charge in [-0.15, -0.1) is 0 Å². The zero-order valence-corrected chi connectivity index (χ0v) is 18.2. The van der Waals surface area contributed by atoms with E-state index in [0.717, 1.165) is 12.0 Å². The minimum absolute atomic E-state index is 0.0463. The van der Waals surface area contributed by atoms with Crippen molar-refractivity contribution in [3.05, 3.63) is 53.6 Å². The van der Waals surface area contributed by atoms with E-state index in [9.17, 15) is 9.59 Å². The van der Waals surface area contributed by atoms with E-state index in [2.05, 4.69) is 12.1 Å². The van der Waals surface area contributed by atoms with Gasteiger partial charge in [-0.2, -0.15) is 0 Å². The highest BCUT2D eigenvalue weighted by Gasteiger charge is 2.38. The highest BCUT2D eigenvalue weighted by atomic mass is 16.5. The molecule has 0 spiro atoms. The molecule has 0 aromatic heterocycles. The molecule has 7 nitrogen and oxygen atoms in total. The molecule has 2 heterocycles. The molecule has 0 saturated carbocycles. The zero-order valence-electron chi connectivity index (χ0n) is 18.2. The second kappa shape index (κ2) is 8.98. The van der Waals surface area contributed by atoms with E-state index in [1.807, 2.05) is 12.1 Å². The first-order valence-corrected chi connectivity index (χ1v) is 10.5. The van der Waals surface area contributed by atoms with E-state index in [-0.39, 0.29) is 24.3 Å². The molecular formula is C24H28N2O5. The topological polar surface area (TPSA) is 68.3 Å². The van der Waals surface area contributed by atoms with Crippen molar-refractivity contribution in [2.75, 3.05) is 45.9 Å². The highest BCUT2D eigenvalue weighted by molar-refractivity contribution is 6.01. The number of ether oxygens (including phenoxy) is 3. The van der Waals surface area contributed by atoms with E-state index < -0.39 is 5.92 Å². The summed E-state index contributed by atoms with van der Waals surface area (Å²) in [6.45, 7) is 1.44. The molecule has 2 aliphatic heterocycles. The molecule has 1 saturated heterocycles. The summed E-state index contributed by atoms with van der Waals surface area (Å²) in [5.41, 5.74) is 3.06. The van der Waals surface area contributed by atoms with Crippen molar-refractivity contribution < 1.29 is 23.8 Å². The number of hydrogen-bond acceptors (Lipinski definition) is 5. The van der Waals surface area contributed by atoms with Crippen LogP contribution in [-0.2, 0) is 20.7 Å². The van der Waals surface area contributed by atoms with Gasteiger partial charge in [-0.3, -0.25) is 9.59 Å². The fourth-order valence-electron chi connectivity index (χ4n) is 4.39. The molecule has 2 amide bonds. The Morgan fingerprint density at radius 1 is 1.19 bits per heavy atom. The van der Waals surface area contributed by atoms with Crippen molar-refractivity contribution in [3.63, 3.8) is 0 Å². The number of likely N-dealkylation sites (N-methyl/N-ethyl adjacent to an activating group) is 1. The third kappa shape index (κ3) is 4.23. The van der Waals surface area contributed by atoms with Gasteiger partial charge >= 0.3 is 0 Å². The molecular weight excluding hydrogens is 396 g/mol. The first-order valence-electron chi connectivity index (χ1n) is 10.5. The number of hydrogen-bond donors (Lipinski definition) is 0. The van der Waals surface area contributed by atoms with Crippen LogP contribution in [-0.4, -0.2) is 57.7 Å². The van der Waals surface area contributed by atoms with Gasteiger partial charge in [0.05, 0.1) is 39.0 Å². The quantitative estimate of drug-likeness (QED) is 0.713. The van der Waals surface area contributed by atoms with E-state index in [0.29, 0.717) is 36.9 Å². The van der Waals surface area contributed by atoms with Crippen LogP contribution in [0.5, 0.6) is 11.5 Å². The van der Waals surface area contributed by atoms with Crippen LogP contribution in [0.1, 0.15) is 23.7 Å². The van der Waals surface area contributed by atoms with Crippen LogP contribution in [0.2, 0.25) is 0 Å². The van der Waals surface area contributed by atoms with Crippen LogP contribution in [0.15, 0.2) is 42.5 Å². The average Bonchev–Trinajstić information content (AvgIpc) is 3.19. The lowest BCUT2D eigenvalue weighted by Gasteiger charge is -2.30. The Bertz CT molecular complexity index is 976. The maximum Gasteiger partial charge on any atom is 0.227 e. The maximum atomic E-state index is 13.1. The van der Waals surface area contributed by atoms with Gasteiger partial charge in [0.1, 0.15) is 17.6 Å². The summed E-state index contributed by atoms with van der Waals surface area (Å²) in [7, 11) is 4.91. The number of carbonyl (C=O) groups is 2. The fraction of sp³-hybridized carbons (Fsp3) is 0.417. The lowest BCUT2D eigenvalue weighted by molar-refractivity contribution is -0.136. The number of benzene rings is 2. The normalized spacial score (nSPS) is 20.4. The van der Waals surface area contributed by atoms with Gasteiger partial charge in [-0.05, 0) is 29.7 Å². The number of rotatable bonds is 6. The average molecular weight is 424 g/mol. The van der Waals surface area contributed by atoms with E-state index in [1.165, 1.54) is 5.56 Å². The zero-order chi connectivity index (χ0) is 22.0. The first kappa shape index (κ1) is 21.2. The molecule has 0 bridgehead atoms. The number of fused-ring (bicyclic) bond motifs is 1. The summed E-state index contributed by atoms with van der Waals surface area (Å²) in [6.07, 6.45) is 0.925. The molecule has 2 atom stereocenters. The minimum Gasteiger partial charge on any atom is -0.497 e. The van der Waals surface area contributed by atoms with E-state index >= 15 is 0 Å². The summed E-state index contributed by atoms with van der Waals surface area (Å²) in [6, 6.07) is 13.5. The number of amides is 2. The van der Waals surface area contributed by atoms with Crippen LogP contribution in [0.25, 0.3) is 0 Å². The lowest BCUT2D eigenvalue weighted by Crippen LogP contribution is -2.38. The number of nitrogens with zero attached hydrogens (tertiary/aromatic N) is 2. The molecule has 2 aromatic rings. The Morgan fingerprint density at radius 3 is 2.77 bits per heavy atom. The Balaban J connectivity index is 1.45. The first-order chi connectivity index (χ1) is 15.0. The molecule has 0 N–H and O–H groups in total. The van der Waals surface area contributed by atoms with Gasteiger partial charge in [0.15, 0.2) is 0 Å². The van der Waals surface area contributed by atoms with Crippen molar-refractivity contribution in [1.82, 2.24) is 4.90 Å². The summed E-state index contributed by atoms with van der Waals surface area (Å²) >= 11 is 0. The van der Waals surface area contributed by atoms with Crippen molar-refractivity contribution in [3.8, 4) is 11.5 Å². The summed E-state index contributed by atoms with van der Waals surface area (Å²) in [5, 5.41) is 0. The van der Waals surface area contributed by atoms with Crippen molar-refractivity contribution in [2.24, 2.45) is 5.92 Å². The Labute approximate surface area is 182 Å². The van der Waals surface area contributed by atoms with Gasteiger partial charge in [0, 0.05) is 26.1 Å². The van der Waals surface area contributed by atoms with Crippen LogP contribution >= 0.6 is 0 Å². The molecule has 1 fully saturated rings. The van der Waals surface area contributed by atoms with Gasteiger partial charge in [-0.25, -0.2) is 0 Å². The van der Waals surface area contributed by atoms with Gasteiger partial charge in [-0.1, -0.05) is 24.3 Å². The molecule has 0 aliphatic carbocycles. The van der Waals surface area contributed by atoms with E-state index in [1.54, 1.807) is 49.3 Å². The van der Waals surface area contributed by atoms with Gasteiger partial charge < -0.3 is 24.0 Å². The summed E-state index contributed by atoms with van der Waals surface area (Å²) in [4.78, 5) is 29.2. The Hall–Kier alpha value is -3.06. The van der Waals surface area contributed by atoms with Crippen molar-refractivity contribution in [2.45, 2.75) is 18.9 Å². The predicted octanol–water partition coefficient (Wildman–Crippen LogP) is 2.83. The summed E-state index contributed by atoms with van der Waals surface area (Å²) in [5.74, 6) is 0.654. The second-order valence-electron chi connectivity index (χ2n) is 7.97. The highest BCUT2D eigenvalue weighted by Crippen LogP contribution is 2.36. The number of anilines is 1. The molecule has 31 heavy (non-hydrogen) atoms. The number of carbonyl (C=O) groups excluding carboxylic acids is 2. The molecule has 0 radical (unpaired) electrons.